The van der Waals surface area contributed by atoms with Crippen LogP contribution in [-0.4, -0.2) is 26.4 Å². The number of allylic oxidation sites excluding steroid dienone is 1. The van der Waals surface area contributed by atoms with E-state index in [2.05, 4.69) is 22.1 Å². The minimum absolute atomic E-state index is 0.0364. The van der Waals surface area contributed by atoms with Crippen LogP contribution in [0, 0.1) is 5.92 Å². The Morgan fingerprint density at radius 3 is 2.71 bits per heavy atom. The predicted molar refractivity (Wildman–Crippen MR) is 116 cm³/mol. The summed E-state index contributed by atoms with van der Waals surface area (Å²) in [4.78, 5) is 12.3. The average Bonchev–Trinajstić information content (AvgIpc) is 3.10. The van der Waals surface area contributed by atoms with Crippen molar-refractivity contribution in [3.63, 3.8) is 0 Å². The largest absolute Gasteiger partial charge is 0.416 e. The summed E-state index contributed by atoms with van der Waals surface area (Å²) in [7, 11) is 0. The molecule has 0 aliphatic heterocycles. The topological polar surface area (TPSA) is 59.8 Å². The Kier molecular flexibility index (Phi) is 8.05. The third kappa shape index (κ3) is 6.49. The number of aromatic nitrogens is 3. The van der Waals surface area contributed by atoms with Crippen LogP contribution in [0.5, 0.6) is 0 Å². The number of nitrogens with zero attached hydrogens (tertiary/aromatic N) is 3. The van der Waals surface area contributed by atoms with Gasteiger partial charge in [0, 0.05) is 13.0 Å². The monoisotopic (exact) mass is 472 g/mol. The number of alkyl halides is 3. The molecule has 2 aromatic rings. The molecule has 10 heteroatoms. The van der Waals surface area contributed by atoms with E-state index in [1.807, 2.05) is 4.57 Å². The molecule has 168 valence electrons. The minimum atomic E-state index is -4.52. The first kappa shape index (κ1) is 23.7. The van der Waals surface area contributed by atoms with E-state index in [9.17, 15) is 18.0 Å². The van der Waals surface area contributed by atoms with Crippen molar-refractivity contribution in [3.05, 3.63) is 47.3 Å². The highest BCUT2D eigenvalue weighted by molar-refractivity contribution is 7.99. The third-order valence-electron chi connectivity index (χ3n) is 5.20. The van der Waals surface area contributed by atoms with Gasteiger partial charge < -0.3 is 9.88 Å². The van der Waals surface area contributed by atoms with Crippen LogP contribution in [0.2, 0.25) is 5.02 Å². The van der Waals surface area contributed by atoms with Crippen molar-refractivity contribution in [2.75, 3.05) is 11.1 Å². The van der Waals surface area contributed by atoms with Crippen LogP contribution in [0.1, 0.15) is 43.5 Å². The summed E-state index contributed by atoms with van der Waals surface area (Å²) in [6.07, 6.45) is 4.19. The molecule has 1 aromatic carbocycles. The van der Waals surface area contributed by atoms with Crippen LogP contribution < -0.4 is 5.32 Å². The fraction of sp³-hybridized carbons (Fsp3) is 0.476. The molecule has 0 spiro atoms. The van der Waals surface area contributed by atoms with Crippen molar-refractivity contribution in [2.24, 2.45) is 5.92 Å². The standard InChI is InChI=1S/C21H24ClF3N4OS/c1-2-10-29-18(11-14-6-4-3-5-7-14)27-28-20(29)31-13-19(30)26-17-12-15(21(23,24)25)8-9-16(17)22/h2,8-9,12,14H,1,3-7,10-11,13H2,(H,26,30). The van der Waals surface area contributed by atoms with E-state index in [-0.39, 0.29) is 16.5 Å². The summed E-state index contributed by atoms with van der Waals surface area (Å²) in [5.41, 5.74) is -0.953. The molecule has 0 unspecified atom stereocenters. The number of benzene rings is 1. The fourth-order valence-electron chi connectivity index (χ4n) is 3.65. The Morgan fingerprint density at radius 1 is 1.29 bits per heavy atom. The fourth-order valence-corrected chi connectivity index (χ4v) is 4.58. The van der Waals surface area contributed by atoms with Crippen molar-refractivity contribution in [1.29, 1.82) is 0 Å². The molecule has 1 aromatic heterocycles. The summed E-state index contributed by atoms with van der Waals surface area (Å²) >= 11 is 7.12. The molecule has 1 amide bonds. The molecule has 1 aliphatic carbocycles. The lowest BCUT2D eigenvalue weighted by Gasteiger charge is -2.21. The van der Waals surface area contributed by atoms with Crippen LogP contribution in [0.3, 0.4) is 0 Å². The SMILES string of the molecule is C=CCn1c(CC2CCCCC2)nnc1SCC(=O)Nc1cc(C(F)(F)F)ccc1Cl. The van der Waals surface area contributed by atoms with Gasteiger partial charge in [-0.1, -0.05) is 61.5 Å². The minimum Gasteiger partial charge on any atom is -0.324 e. The van der Waals surface area contributed by atoms with Gasteiger partial charge in [-0.05, 0) is 24.1 Å². The summed E-state index contributed by atoms with van der Waals surface area (Å²) in [5, 5.41) is 11.6. The molecule has 1 N–H and O–H groups in total. The molecule has 1 aliphatic rings. The van der Waals surface area contributed by atoms with E-state index in [0.717, 1.165) is 30.4 Å². The van der Waals surface area contributed by atoms with E-state index < -0.39 is 17.6 Å². The van der Waals surface area contributed by atoms with Gasteiger partial charge >= 0.3 is 6.18 Å². The lowest BCUT2D eigenvalue weighted by atomic mass is 9.87. The number of hydrogen-bond acceptors (Lipinski definition) is 4. The normalized spacial score (nSPS) is 15.1. The average molecular weight is 473 g/mol. The maximum Gasteiger partial charge on any atom is 0.416 e. The lowest BCUT2D eigenvalue weighted by Crippen LogP contribution is -2.16. The van der Waals surface area contributed by atoms with Gasteiger partial charge in [0.2, 0.25) is 5.91 Å². The van der Waals surface area contributed by atoms with Gasteiger partial charge in [-0.3, -0.25) is 4.79 Å². The molecule has 31 heavy (non-hydrogen) atoms. The predicted octanol–water partition coefficient (Wildman–Crippen LogP) is 5.99. The molecule has 1 saturated carbocycles. The Bertz CT molecular complexity index is 926. The van der Waals surface area contributed by atoms with Gasteiger partial charge in [-0.2, -0.15) is 13.2 Å². The zero-order chi connectivity index (χ0) is 22.4. The third-order valence-corrected chi connectivity index (χ3v) is 6.50. The van der Waals surface area contributed by atoms with E-state index in [1.54, 1.807) is 6.08 Å². The molecular weight excluding hydrogens is 449 g/mol. The number of rotatable bonds is 8. The van der Waals surface area contributed by atoms with Crippen LogP contribution in [0.4, 0.5) is 18.9 Å². The van der Waals surface area contributed by atoms with Crippen LogP contribution in [-0.2, 0) is 23.9 Å². The van der Waals surface area contributed by atoms with Gasteiger partial charge in [-0.15, -0.1) is 16.8 Å². The van der Waals surface area contributed by atoms with Crippen molar-refractivity contribution in [2.45, 2.75) is 56.4 Å². The Balaban J connectivity index is 1.64. The molecule has 0 radical (unpaired) electrons. The summed E-state index contributed by atoms with van der Waals surface area (Å²) < 4.78 is 40.7. The van der Waals surface area contributed by atoms with E-state index in [1.165, 1.54) is 43.9 Å². The second-order valence-corrected chi connectivity index (χ2v) is 8.89. The highest BCUT2D eigenvalue weighted by Crippen LogP contribution is 2.34. The first-order chi connectivity index (χ1) is 14.8. The van der Waals surface area contributed by atoms with Gasteiger partial charge in [0.15, 0.2) is 5.16 Å². The number of nitrogens with one attached hydrogen (secondary N) is 1. The summed E-state index contributed by atoms with van der Waals surface area (Å²) in [6, 6.07) is 2.82. The zero-order valence-electron chi connectivity index (χ0n) is 16.9. The highest BCUT2D eigenvalue weighted by atomic mass is 35.5. The smallest absolute Gasteiger partial charge is 0.324 e. The van der Waals surface area contributed by atoms with Crippen molar-refractivity contribution >= 4 is 35.0 Å². The maximum atomic E-state index is 12.9. The zero-order valence-corrected chi connectivity index (χ0v) is 18.5. The summed E-state index contributed by atoms with van der Waals surface area (Å²) in [5.74, 6) is 0.945. The van der Waals surface area contributed by atoms with Crippen molar-refractivity contribution in [1.82, 2.24) is 14.8 Å². The number of thioether (sulfide) groups is 1. The Hall–Kier alpha value is -2.00. The van der Waals surface area contributed by atoms with Gasteiger partial charge in [0.05, 0.1) is 22.0 Å². The number of anilines is 1. The molecule has 3 rings (SSSR count). The quantitative estimate of drug-likeness (QED) is 0.378. The van der Waals surface area contributed by atoms with Crippen molar-refractivity contribution < 1.29 is 18.0 Å². The lowest BCUT2D eigenvalue weighted by molar-refractivity contribution is -0.137. The highest BCUT2D eigenvalue weighted by Gasteiger charge is 2.31. The van der Waals surface area contributed by atoms with Gasteiger partial charge in [0.1, 0.15) is 5.82 Å². The second-order valence-electron chi connectivity index (χ2n) is 7.54. The van der Waals surface area contributed by atoms with Crippen LogP contribution in [0.15, 0.2) is 36.0 Å². The van der Waals surface area contributed by atoms with E-state index >= 15 is 0 Å². The first-order valence-corrected chi connectivity index (χ1v) is 11.5. The van der Waals surface area contributed by atoms with E-state index in [0.29, 0.717) is 17.6 Å². The number of carbonyl (C=O) groups is 1. The molecule has 0 atom stereocenters. The van der Waals surface area contributed by atoms with Gasteiger partial charge in [-0.25, -0.2) is 0 Å². The Morgan fingerprint density at radius 2 is 2.03 bits per heavy atom. The molecule has 0 bridgehead atoms. The van der Waals surface area contributed by atoms with Crippen LogP contribution >= 0.6 is 23.4 Å². The van der Waals surface area contributed by atoms with Crippen molar-refractivity contribution in [3.8, 4) is 0 Å². The summed E-state index contributed by atoms with van der Waals surface area (Å²) in [6.45, 7) is 4.31. The second kappa shape index (κ2) is 10.5. The van der Waals surface area contributed by atoms with Crippen LogP contribution in [0.25, 0.3) is 0 Å². The first-order valence-electron chi connectivity index (χ1n) is 10.1. The van der Waals surface area contributed by atoms with E-state index in [4.69, 9.17) is 11.6 Å². The number of hydrogen-bond donors (Lipinski definition) is 1. The number of amides is 1. The number of carbonyl (C=O) groups excluding carboxylic acids is 1. The Labute approximate surface area is 188 Å². The molecule has 0 saturated heterocycles. The number of halogens is 4. The molecule has 1 heterocycles. The molecule has 5 nitrogen and oxygen atoms in total. The van der Waals surface area contributed by atoms with Gasteiger partial charge in [0.25, 0.3) is 0 Å². The maximum absolute atomic E-state index is 12.9. The molecule has 1 fully saturated rings. The molecular formula is C21H24ClF3N4OS.